The van der Waals surface area contributed by atoms with E-state index in [1.807, 2.05) is 49.4 Å². The van der Waals surface area contributed by atoms with Crippen molar-refractivity contribution in [2.75, 3.05) is 4.90 Å². The highest BCUT2D eigenvalue weighted by Crippen LogP contribution is 2.31. The average Bonchev–Trinajstić information content (AvgIpc) is 2.97. The largest absolute Gasteiger partial charge is 0.457 e. The summed E-state index contributed by atoms with van der Waals surface area (Å²) in [6, 6.07) is 21.0. The first kappa shape index (κ1) is 17.7. The Hall–Kier alpha value is -3.73. The lowest BCUT2D eigenvalue weighted by molar-refractivity contribution is 0.0472. The van der Waals surface area contributed by atoms with Gasteiger partial charge in [0.2, 0.25) is 0 Å². The van der Waals surface area contributed by atoms with E-state index in [-0.39, 0.29) is 23.3 Å². The lowest BCUT2D eigenvalue weighted by atomic mass is 10.1. The number of carbonyl (C=O) groups excluding carboxylic acids is 3. The summed E-state index contributed by atoms with van der Waals surface area (Å²) in [4.78, 5) is 39.1. The summed E-state index contributed by atoms with van der Waals surface area (Å²) in [5.74, 6) is -1.37. The Kier molecular flexibility index (Phi) is 4.49. The highest BCUT2D eigenvalue weighted by molar-refractivity contribution is 6.34. The number of hydrogen-bond acceptors (Lipinski definition) is 4. The van der Waals surface area contributed by atoms with Crippen molar-refractivity contribution >= 4 is 23.5 Å². The molecule has 0 saturated carbocycles. The highest BCUT2D eigenvalue weighted by atomic mass is 16.5. The topological polar surface area (TPSA) is 63.7 Å². The van der Waals surface area contributed by atoms with Gasteiger partial charge in [-0.15, -0.1) is 0 Å². The van der Waals surface area contributed by atoms with Crippen LogP contribution in [0.25, 0.3) is 0 Å². The number of benzene rings is 3. The van der Waals surface area contributed by atoms with E-state index >= 15 is 0 Å². The van der Waals surface area contributed by atoms with Crippen LogP contribution in [0, 0.1) is 6.92 Å². The summed E-state index contributed by atoms with van der Waals surface area (Å²) in [5, 5.41) is 0. The predicted octanol–water partition coefficient (Wildman–Crippen LogP) is 4.15. The number of rotatable bonds is 4. The minimum Gasteiger partial charge on any atom is -0.457 e. The summed E-state index contributed by atoms with van der Waals surface area (Å²) in [6.45, 7) is 1.98. The average molecular weight is 371 g/mol. The van der Waals surface area contributed by atoms with Crippen LogP contribution in [0.4, 0.5) is 5.69 Å². The molecule has 1 aliphatic heterocycles. The molecule has 2 amide bonds. The number of imide groups is 1. The van der Waals surface area contributed by atoms with Gasteiger partial charge < -0.3 is 4.74 Å². The van der Waals surface area contributed by atoms with Gasteiger partial charge in [-0.05, 0) is 42.3 Å². The van der Waals surface area contributed by atoms with Crippen LogP contribution in [-0.2, 0) is 11.3 Å². The smallest absolute Gasteiger partial charge is 0.338 e. The molecule has 0 radical (unpaired) electrons. The standard InChI is InChI=1S/C23H17NO4/c1-15-7-5-6-10-20(15)24-21(25)18-12-11-17(13-19(18)22(24)26)23(27)28-14-16-8-3-2-4-9-16/h2-13H,14H2,1H3. The van der Waals surface area contributed by atoms with Crippen molar-refractivity contribution in [1.29, 1.82) is 0 Å². The summed E-state index contributed by atoms with van der Waals surface area (Å²) >= 11 is 0. The molecule has 1 aliphatic rings. The van der Waals surface area contributed by atoms with Crippen LogP contribution < -0.4 is 4.90 Å². The maximum absolute atomic E-state index is 12.9. The molecule has 0 aliphatic carbocycles. The second-order valence-electron chi connectivity index (χ2n) is 6.55. The van der Waals surface area contributed by atoms with Crippen LogP contribution in [0.5, 0.6) is 0 Å². The molecular formula is C23H17NO4. The highest BCUT2D eigenvalue weighted by Gasteiger charge is 2.37. The van der Waals surface area contributed by atoms with E-state index in [1.54, 1.807) is 12.1 Å². The van der Waals surface area contributed by atoms with E-state index in [0.717, 1.165) is 16.0 Å². The van der Waals surface area contributed by atoms with Gasteiger partial charge in [-0.3, -0.25) is 9.59 Å². The molecule has 3 aromatic rings. The molecule has 28 heavy (non-hydrogen) atoms. The Morgan fingerprint density at radius 3 is 2.29 bits per heavy atom. The normalized spacial score (nSPS) is 12.8. The van der Waals surface area contributed by atoms with Crippen molar-refractivity contribution in [2.24, 2.45) is 0 Å². The lowest BCUT2D eigenvalue weighted by Gasteiger charge is -2.16. The van der Waals surface area contributed by atoms with E-state index in [0.29, 0.717) is 5.69 Å². The zero-order chi connectivity index (χ0) is 19.7. The second-order valence-corrected chi connectivity index (χ2v) is 6.55. The Bertz CT molecular complexity index is 1090. The third kappa shape index (κ3) is 3.07. The van der Waals surface area contributed by atoms with E-state index in [1.165, 1.54) is 18.2 Å². The molecule has 0 atom stereocenters. The third-order valence-electron chi connectivity index (χ3n) is 4.69. The van der Waals surface area contributed by atoms with E-state index in [9.17, 15) is 14.4 Å². The maximum Gasteiger partial charge on any atom is 0.338 e. The number of ether oxygens (including phenoxy) is 1. The lowest BCUT2D eigenvalue weighted by Crippen LogP contribution is -2.29. The summed E-state index contributed by atoms with van der Waals surface area (Å²) in [5.41, 5.74) is 2.97. The zero-order valence-electron chi connectivity index (χ0n) is 15.2. The van der Waals surface area contributed by atoms with Crippen molar-refractivity contribution in [1.82, 2.24) is 0 Å². The van der Waals surface area contributed by atoms with Gasteiger partial charge in [0.25, 0.3) is 11.8 Å². The van der Waals surface area contributed by atoms with Crippen LogP contribution in [0.15, 0.2) is 72.8 Å². The molecule has 4 rings (SSSR count). The van der Waals surface area contributed by atoms with Crippen molar-refractivity contribution in [3.05, 3.63) is 101 Å². The molecule has 0 bridgehead atoms. The predicted molar refractivity (Wildman–Crippen MR) is 104 cm³/mol. The van der Waals surface area contributed by atoms with Crippen molar-refractivity contribution in [2.45, 2.75) is 13.5 Å². The third-order valence-corrected chi connectivity index (χ3v) is 4.69. The number of aryl methyl sites for hydroxylation is 1. The van der Waals surface area contributed by atoms with Crippen LogP contribution in [0.1, 0.15) is 42.2 Å². The zero-order valence-corrected chi connectivity index (χ0v) is 15.2. The first-order valence-electron chi connectivity index (χ1n) is 8.86. The van der Waals surface area contributed by atoms with Crippen molar-refractivity contribution in [3.63, 3.8) is 0 Å². The fourth-order valence-corrected chi connectivity index (χ4v) is 3.21. The van der Waals surface area contributed by atoms with Crippen molar-refractivity contribution in [3.8, 4) is 0 Å². The SMILES string of the molecule is Cc1ccccc1N1C(=O)c2ccc(C(=O)OCc3ccccc3)cc2C1=O. The molecule has 0 spiro atoms. The molecule has 3 aromatic carbocycles. The van der Waals surface area contributed by atoms with Crippen LogP contribution in [-0.4, -0.2) is 17.8 Å². The van der Waals surface area contributed by atoms with Gasteiger partial charge in [0, 0.05) is 0 Å². The first-order chi connectivity index (χ1) is 13.6. The van der Waals surface area contributed by atoms with E-state index in [4.69, 9.17) is 4.74 Å². The number of amides is 2. The maximum atomic E-state index is 12.9. The Morgan fingerprint density at radius 2 is 1.54 bits per heavy atom. The molecule has 0 fully saturated rings. The number of nitrogens with zero attached hydrogens (tertiary/aromatic N) is 1. The number of anilines is 1. The molecular weight excluding hydrogens is 354 g/mol. The fraction of sp³-hybridized carbons (Fsp3) is 0.0870. The van der Waals surface area contributed by atoms with Gasteiger partial charge in [0.05, 0.1) is 22.4 Å². The van der Waals surface area contributed by atoms with Crippen LogP contribution in [0.3, 0.4) is 0 Å². The van der Waals surface area contributed by atoms with Gasteiger partial charge >= 0.3 is 5.97 Å². The monoisotopic (exact) mass is 371 g/mol. The molecule has 138 valence electrons. The number of esters is 1. The molecule has 0 N–H and O–H groups in total. The summed E-state index contributed by atoms with van der Waals surface area (Å²) < 4.78 is 5.32. The number of carbonyl (C=O) groups is 3. The Morgan fingerprint density at radius 1 is 0.857 bits per heavy atom. The van der Waals surface area contributed by atoms with E-state index < -0.39 is 17.8 Å². The fourth-order valence-electron chi connectivity index (χ4n) is 3.21. The Balaban J connectivity index is 1.58. The van der Waals surface area contributed by atoms with Gasteiger partial charge in [0.15, 0.2) is 0 Å². The van der Waals surface area contributed by atoms with Gasteiger partial charge in [0.1, 0.15) is 6.61 Å². The molecule has 1 heterocycles. The van der Waals surface area contributed by atoms with E-state index in [2.05, 4.69) is 0 Å². The van der Waals surface area contributed by atoms with Crippen LogP contribution >= 0.6 is 0 Å². The van der Waals surface area contributed by atoms with Crippen molar-refractivity contribution < 1.29 is 19.1 Å². The van der Waals surface area contributed by atoms with Crippen LogP contribution in [0.2, 0.25) is 0 Å². The molecule has 0 aromatic heterocycles. The minimum atomic E-state index is -0.541. The molecule has 0 saturated heterocycles. The summed E-state index contributed by atoms with van der Waals surface area (Å²) in [6.07, 6.45) is 0. The number of fused-ring (bicyclic) bond motifs is 1. The molecule has 0 unspecified atom stereocenters. The second kappa shape index (κ2) is 7.12. The minimum absolute atomic E-state index is 0.138. The first-order valence-corrected chi connectivity index (χ1v) is 8.86. The van der Waals surface area contributed by atoms with Gasteiger partial charge in [-0.1, -0.05) is 48.5 Å². The number of para-hydroxylation sites is 1. The Labute approximate surface area is 162 Å². The summed E-state index contributed by atoms with van der Waals surface area (Å²) in [7, 11) is 0. The van der Waals surface area contributed by atoms with Gasteiger partial charge in [-0.2, -0.15) is 0 Å². The molecule has 5 heteroatoms. The van der Waals surface area contributed by atoms with Gasteiger partial charge in [-0.25, -0.2) is 9.69 Å². The quantitative estimate of drug-likeness (QED) is 0.510. The number of hydrogen-bond donors (Lipinski definition) is 0. The molecule has 5 nitrogen and oxygen atoms in total.